The van der Waals surface area contributed by atoms with Gasteiger partial charge in [0.05, 0.1) is 12.5 Å². The van der Waals surface area contributed by atoms with Crippen molar-refractivity contribution in [2.45, 2.75) is 57.7 Å². The Bertz CT molecular complexity index is 1120. The van der Waals surface area contributed by atoms with E-state index in [4.69, 9.17) is 9.47 Å². The van der Waals surface area contributed by atoms with Crippen LogP contribution in [0.15, 0.2) is 54.6 Å². The van der Waals surface area contributed by atoms with Gasteiger partial charge in [-0.3, -0.25) is 4.79 Å². The Morgan fingerprint density at radius 1 is 1.00 bits per heavy atom. The summed E-state index contributed by atoms with van der Waals surface area (Å²) in [4.78, 5) is 29.0. The van der Waals surface area contributed by atoms with E-state index in [0.29, 0.717) is 44.5 Å². The van der Waals surface area contributed by atoms with E-state index in [0.717, 1.165) is 29.7 Å². The Labute approximate surface area is 211 Å². The van der Waals surface area contributed by atoms with E-state index in [9.17, 15) is 14.0 Å². The Kier molecular flexibility index (Phi) is 7.25. The van der Waals surface area contributed by atoms with Crippen LogP contribution in [0.25, 0.3) is 5.57 Å². The molecule has 1 amide bonds. The van der Waals surface area contributed by atoms with Crippen LogP contribution in [0.3, 0.4) is 0 Å². The molecule has 2 aromatic rings. The molecule has 1 aliphatic carbocycles. The van der Waals surface area contributed by atoms with Crippen LogP contribution in [0.4, 0.5) is 14.9 Å². The van der Waals surface area contributed by atoms with Crippen LogP contribution in [0.5, 0.6) is 0 Å². The molecule has 2 fully saturated rings. The molecule has 5 rings (SSSR count). The van der Waals surface area contributed by atoms with Crippen LogP contribution in [0.2, 0.25) is 0 Å². The summed E-state index contributed by atoms with van der Waals surface area (Å²) < 4.78 is 25.6. The molecule has 6 nitrogen and oxygen atoms in total. The van der Waals surface area contributed by atoms with Gasteiger partial charge in [0.15, 0.2) is 0 Å². The topological polar surface area (TPSA) is 59.1 Å². The number of halogens is 1. The number of fused-ring (bicyclic) bond motifs is 2. The summed E-state index contributed by atoms with van der Waals surface area (Å²) in [5.41, 5.74) is 3.52. The highest BCUT2D eigenvalue weighted by Crippen LogP contribution is 2.39. The van der Waals surface area contributed by atoms with Gasteiger partial charge in [-0.2, -0.15) is 0 Å². The number of piperazine rings is 1. The van der Waals surface area contributed by atoms with E-state index >= 15 is 0 Å². The number of esters is 1. The molecular weight excluding hydrogens is 459 g/mol. The minimum Gasteiger partial charge on any atom is -0.466 e. The number of hydrogen-bond donors (Lipinski definition) is 0. The van der Waals surface area contributed by atoms with Gasteiger partial charge >= 0.3 is 12.1 Å². The van der Waals surface area contributed by atoms with Gasteiger partial charge in [-0.1, -0.05) is 36.4 Å². The molecule has 2 bridgehead atoms. The van der Waals surface area contributed by atoms with Crippen molar-refractivity contribution in [1.29, 1.82) is 0 Å². The fraction of sp³-hybridized carbons (Fsp3) is 0.448. The summed E-state index contributed by atoms with van der Waals surface area (Å²) in [5, 5.41) is 0. The molecule has 0 aromatic heterocycles. The van der Waals surface area contributed by atoms with Crippen LogP contribution in [0.1, 0.15) is 50.2 Å². The van der Waals surface area contributed by atoms with Crippen LogP contribution in [-0.4, -0.2) is 48.7 Å². The highest BCUT2D eigenvalue weighted by atomic mass is 19.1. The molecule has 0 N–H and O–H groups in total. The summed E-state index contributed by atoms with van der Waals surface area (Å²) in [7, 11) is 0. The number of carbonyl (C=O) groups is 2. The fourth-order valence-electron chi connectivity index (χ4n) is 5.76. The molecule has 3 atom stereocenters. The third-order valence-electron chi connectivity index (χ3n) is 7.57. The zero-order valence-electron chi connectivity index (χ0n) is 20.7. The number of rotatable bonds is 6. The van der Waals surface area contributed by atoms with Gasteiger partial charge in [-0.25, -0.2) is 9.18 Å². The number of allylic oxidation sites excluding steroid dienone is 2. The van der Waals surface area contributed by atoms with E-state index in [-0.39, 0.29) is 42.5 Å². The van der Waals surface area contributed by atoms with Crippen molar-refractivity contribution in [2.75, 3.05) is 24.6 Å². The van der Waals surface area contributed by atoms with Crippen molar-refractivity contribution in [2.24, 2.45) is 5.92 Å². The molecule has 0 spiro atoms. The lowest BCUT2D eigenvalue weighted by molar-refractivity contribution is -0.148. The van der Waals surface area contributed by atoms with Gasteiger partial charge in [0.25, 0.3) is 0 Å². The second-order valence-electron chi connectivity index (χ2n) is 9.85. The maximum Gasteiger partial charge on any atom is 0.410 e. The van der Waals surface area contributed by atoms with E-state index in [1.807, 2.05) is 60.4 Å². The van der Waals surface area contributed by atoms with Crippen molar-refractivity contribution in [3.05, 3.63) is 71.6 Å². The maximum absolute atomic E-state index is 14.9. The first-order valence-corrected chi connectivity index (χ1v) is 12.9. The molecule has 2 aliphatic heterocycles. The zero-order chi connectivity index (χ0) is 25.1. The third-order valence-corrected chi connectivity index (χ3v) is 7.57. The standard InChI is InChI=1S/C29H33FN2O4/c1-2-35-28(33)22-10-8-21(9-11-22)26-16-23(14-15-27(26)30)32-24-12-13-25(32)18-31(17-24)29(34)36-19-20-6-4-3-5-7-20/h3-8,14-16,22,24-25H,2,9-13,17-19H2,1H3. The van der Waals surface area contributed by atoms with E-state index in [2.05, 4.69) is 4.90 Å². The van der Waals surface area contributed by atoms with Crippen LogP contribution in [0, 0.1) is 11.7 Å². The molecule has 7 heteroatoms. The number of anilines is 1. The van der Waals surface area contributed by atoms with Crippen molar-refractivity contribution < 1.29 is 23.5 Å². The van der Waals surface area contributed by atoms with Crippen molar-refractivity contribution >= 4 is 23.3 Å². The molecule has 0 radical (unpaired) electrons. The van der Waals surface area contributed by atoms with Gasteiger partial charge in [0.1, 0.15) is 12.4 Å². The highest BCUT2D eigenvalue weighted by molar-refractivity contribution is 5.77. The molecule has 2 heterocycles. The summed E-state index contributed by atoms with van der Waals surface area (Å²) in [5.74, 6) is -0.556. The Morgan fingerprint density at radius 3 is 2.42 bits per heavy atom. The van der Waals surface area contributed by atoms with Gasteiger partial charge in [0.2, 0.25) is 0 Å². The number of nitrogens with zero attached hydrogens (tertiary/aromatic N) is 2. The van der Waals surface area contributed by atoms with E-state index in [1.165, 1.54) is 0 Å². The van der Waals surface area contributed by atoms with Crippen molar-refractivity contribution in [3.63, 3.8) is 0 Å². The van der Waals surface area contributed by atoms with Crippen molar-refractivity contribution in [3.8, 4) is 0 Å². The molecule has 36 heavy (non-hydrogen) atoms. The van der Waals surface area contributed by atoms with E-state index in [1.54, 1.807) is 6.07 Å². The lowest BCUT2D eigenvalue weighted by Gasteiger charge is -2.42. The molecule has 190 valence electrons. The fourth-order valence-corrected chi connectivity index (χ4v) is 5.76. The first-order valence-electron chi connectivity index (χ1n) is 12.9. The molecule has 2 saturated heterocycles. The molecule has 0 saturated carbocycles. The first kappa shape index (κ1) is 24.3. The second-order valence-corrected chi connectivity index (χ2v) is 9.85. The first-order chi connectivity index (χ1) is 17.5. The number of benzene rings is 2. The van der Waals surface area contributed by atoms with Crippen LogP contribution < -0.4 is 4.90 Å². The number of likely N-dealkylation sites (tertiary alicyclic amines) is 1. The summed E-state index contributed by atoms with van der Waals surface area (Å²) in [6.07, 6.45) is 5.59. The summed E-state index contributed by atoms with van der Waals surface area (Å²) >= 11 is 0. The minimum absolute atomic E-state index is 0.148. The smallest absolute Gasteiger partial charge is 0.410 e. The van der Waals surface area contributed by atoms with Gasteiger partial charge in [-0.15, -0.1) is 0 Å². The SMILES string of the molecule is CCOC(=O)C1CC=C(c2cc(N3C4CCC3CN(C(=O)OCc3ccccc3)C4)ccc2F)CC1. The largest absolute Gasteiger partial charge is 0.466 e. The van der Waals surface area contributed by atoms with Crippen molar-refractivity contribution in [1.82, 2.24) is 4.90 Å². The summed E-state index contributed by atoms with van der Waals surface area (Å²) in [6.45, 7) is 3.65. The van der Waals surface area contributed by atoms with Gasteiger partial charge < -0.3 is 19.3 Å². The molecule has 3 aliphatic rings. The summed E-state index contributed by atoms with van der Waals surface area (Å²) in [6, 6.07) is 15.4. The number of carbonyl (C=O) groups excluding carboxylic acids is 2. The molecular formula is C29H33FN2O4. The average Bonchev–Trinajstić information content (AvgIpc) is 3.17. The Hall–Kier alpha value is -3.35. The second kappa shape index (κ2) is 10.7. The van der Waals surface area contributed by atoms with Crippen LogP contribution >= 0.6 is 0 Å². The van der Waals surface area contributed by atoms with Gasteiger partial charge in [0, 0.05) is 36.4 Å². The third kappa shape index (κ3) is 5.11. The van der Waals surface area contributed by atoms with Crippen LogP contribution in [-0.2, 0) is 20.9 Å². The monoisotopic (exact) mass is 492 g/mol. The van der Waals surface area contributed by atoms with Gasteiger partial charge in [-0.05, 0) is 68.4 Å². The number of ether oxygens (including phenoxy) is 2. The zero-order valence-corrected chi connectivity index (χ0v) is 20.7. The number of hydrogen-bond acceptors (Lipinski definition) is 5. The maximum atomic E-state index is 14.9. The highest BCUT2D eigenvalue weighted by Gasteiger charge is 2.42. The number of amides is 1. The predicted molar refractivity (Wildman–Crippen MR) is 136 cm³/mol. The van der Waals surface area contributed by atoms with E-state index < -0.39 is 0 Å². The Balaban J connectivity index is 1.25. The predicted octanol–water partition coefficient (Wildman–Crippen LogP) is 5.56. The minimum atomic E-state index is -0.279. The quantitative estimate of drug-likeness (QED) is 0.494. The average molecular weight is 493 g/mol. The Morgan fingerprint density at radius 2 is 1.75 bits per heavy atom. The lowest BCUT2D eigenvalue weighted by Crippen LogP contribution is -2.55. The molecule has 2 aromatic carbocycles. The lowest BCUT2D eigenvalue weighted by atomic mass is 9.86. The normalized spacial score (nSPS) is 23.3. The molecule has 3 unspecified atom stereocenters.